The van der Waals surface area contributed by atoms with E-state index in [0.29, 0.717) is 0 Å². The third kappa shape index (κ3) is 4.79. The predicted octanol–water partition coefficient (Wildman–Crippen LogP) is 4.24. The first-order valence-corrected chi connectivity index (χ1v) is 9.86. The second-order valence-corrected chi connectivity index (χ2v) is 10.1. The summed E-state index contributed by atoms with van der Waals surface area (Å²) >= 11 is 0. The molecule has 25 heteroatoms. The van der Waals surface area contributed by atoms with Crippen LogP contribution in [0.25, 0.3) is 0 Å². The van der Waals surface area contributed by atoms with Gasteiger partial charge in [-0.25, -0.2) is 16.8 Å². The summed E-state index contributed by atoms with van der Waals surface area (Å²) < 4.78 is 271. The molecule has 0 aromatic heterocycles. The van der Waals surface area contributed by atoms with Gasteiger partial charge in [0.2, 0.25) is 19.7 Å². The van der Waals surface area contributed by atoms with E-state index in [1.165, 1.54) is 0 Å². The van der Waals surface area contributed by atoms with Gasteiger partial charge in [-0.15, -0.1) is 0 Å². The third-order valence-electron chi connectivity index (χ3n) is 3.32. The Labute approximate surface area is 186 Å². The third-order valence-corrected chi connectivity index (χ3v) is 7.88. The molecule has 0 rings (SSSR count). The maximum atomic E-state index is 13.3. The zero-order chi connectivity index (χ0) is 27.7. The molecule has 0 unspecified atom stereocenters. The van der Waals surface area contributed by atoms with E-state index in [1.54, 1.807) is 0 Å². The van der Waals surface area contributed by atoms with Gasteiger partial charge < -0.3 is 0 Å². The fourth-order valence-electron chi connectivity index (χ4n) is 1.46. The van der Waals surface area contributed by atoms with Gasteiger partial charge in [0.05, 0.1) is 0 Å². The van der Waals surface area contributed by atoms with E-state index in [-0.39, 0.29) is 18.9 Å². The van der Waals surface area contributed by atoms with Crippen LogP contribution >= 0.6 is 0 Å². The molecule has 201 valence electrons. The van der Waals surface area contributed by atoms with Gasteiger partial charge in [-0.05, 0) is 0 Å². The summed E-state index contributed by atoms with van der Waals surface area (Å²) in [5.41, 5.74) is 0. The molecule has 0 atom stereocenters. The molecule has 34 heavy (non-hydrogen) atoms. The summed E-state index contributed by atoms with van der Waals surface area (Å²) in [4.78, 5) is 0. The Balaban J connectivity index is 0. The Kier molecular flexibility index (Phi) is 9.03. The molecule has 0 saturated carbocycles. The second kappa shape index (κ2) is 8.67. The average Bonchev–Trinajstić information content (AvgIpc) is 2.50. The monoisotopic (exact) mass is 587 g/mol. The molecule has 0 spiro atoms. The minimum absolute atomic E-state index is 0. The van der Waals surface area contributed by atoms with E-state index in [2.05, 4.69) is 0 Å². The Morgan fingerprint density at radius 1 is 0.382 bits per heavy atom. The van der Waals surface area contributed by atoms with Crippen molar-refractivity contribution in [2.45, 2.75) is 46.6 Å². The van der Waals surface area contributed by atoms with Crippen LogP contribution in [0.4, 0.5) is 79.0 Å². The molecule has 1 radical (unpaired) electrons. The maximum absolute atomic E-state index is 13.3. The van der Waals surface area contributed by atoms with Crippen LogP contribution in [0.1, 0.15) is 0 Å². The standard InChI is InChI=1S/C9H2F18O4S2.Li/c10-2(11,6(18,19)20)4(14,15)8(24,25)32(28,29)1-33(30,31)9(26,27)5(16,17)3(12,13)7(21,22)23;/h1H2;. The first kappa shape index (κ1) is 35.4. The molecule has 0 aromatic rings. The van der Waals surface area contributed by atoms with E-state index >= 15 is 0 Å². The van der Waals surface area contributed by atoms with Gasteiger partial charge in [-0.1, -0.05) is 0 Å². The topological polar surface area (TPSA) is 68.3 Å². The molecule has 0 amide bonds. The van der Waals surface area contributed by atoms with Gasteiger partial charge in [0.1, 0.15) is 0 Å². The van der Waals surface area contributed by atoms with Crippen LogP contribution in [0.15, 0.2) is 0 Å². The summed E-state index contributed by atoms with van der Waals surface area (Å²) in [6, 6.07) is 0. The number of hydrogen-bond acceptors (Lipinski definition) is 4. The molecule has 0 aliphatic rings. The fraction of sp³-hybridized carbons (Fsp3) is 1.00. The van der Waals surface area contributed by atoms with Crippen LogP contribution in [-0.4, -0.2) is 87.3 Å². The first-order valence-electron chi connectivity index (χ1n) is 6.55. The minimum Gasteiger partial charge on any atom is -0.221 e. The zero-order valence-corrected chi connectivity index (χ0v) is 16.6. The van der Waals surface area contributed by atoms with Crippen LogP contribution in [0.5, 0.6) is 0 Å². The summed E-state index contributed by atoms with van der Waals surface area (Å²) in [6.45, 7) is 0. The second-order valence-electron chi connectivity index (χ2n) is 5.67. The molecule has 4 nitrogen and oxygen atoms in total. The van der Waals surface area contributed by atoms with E-state index in [4.69, 9.17) is 0 Å². The van der Waals surface area contributed by atoms with Crippen molar-refractivity contribution < 1.29 is 95.9 Å². The largest absolute Gasteiger partial charge is 0.460 e. The quantitative estimate of drug-likeness (QED) is 0.315. The molecule has 0 heterocycles. The normalized spacial score (nSPS) is 16.3. The molecule has 0 bridgehead atoms. The number of rotatable bonds is 8. The summed E-state index contributed by atoms with van der Waals surface area (Å²) in [7, 11) is -16.9. The molecular formula is C9H2F18LiO4S2. The predicted molar refractivity (Wildman–Crippen MR) is 70.3 cm³/mol. The molecule has 0 aliphatic heterocycles. The smallest absolute Gasteiger partial charge is 0.221 e. The van der Waals surface area contributed by atoms with Crippen molar-refractivity contribution in [3.8, 4) is 0 Å². The number of hydrogen-bond donors (Lipinski definition) is 0. The van der Waals surface area contributed by atoms with Gasteiger partial charge in [0, 0.05) is 18.9 Å². The van der Waals surface area contributed by atoms with Crippen LogP contribution in [0.3, 0.4) is 0 Å². The van der Waals surface area contributed by atoms with Crippen molar-refractivity contribution >= 4 is 38.5 Å². The van der Waals surface area contributed by atoms with Gasteiger partial charge in [0.15, 0.2) is 5.08 Å². The van der Waals surface area contributed by atoms with E-state index in [9.17, 15) is 95.9 Å². The molecule has 0 fully saturated rings. The van der Waals surface area contributed by atoms with E-state index in [1.807, 2.05) is 0 Å². The van der Waals surface area contributed by atoms with Crippen molar-refractivity contribution in [1.82, 2.24) is 0 Å². The molecule has 0 saturated heterocycles. The van der Waals surface area contributed by atoms with Gasteiger partial charge in [-0.3, -0.25) is 0 Å². The summed E-state index contributed by atoms with van der Waals surface area (Å²) in [5.74, 6) is -32.6. The fourth-order valence-corrected chi connectivity index (χ4v) is 5.32. The van der Waals surface area contributed by atoms with Crippen LogP contribution < -0.4 is 0 Å². The molecule has 0 N–H and O–H groups in total. The summed E-state index contributed by atoms with van der Waals surface area (Å²) in [5, 5.41) is -20.8. The Hall–Kier alpha value is -0.763. The van der Waals surface area contributed by atoms with E-state index in [0.717, 1.165) is 0 Å². The Morgan fingerprint density at radius 2 is 0.559 bits per heavy atom. The zero-order valence-electron chi connectivity index (χ0n) is 15.0. The van der Waals surface area contributed by atoms with Gasteiger partial charge in [0.25, 0.3) is 0 Å². The first-order chi connectivity index (χ1) is 13.7. The maximum Gasteiger partial charge on any atom is 0.460 e. The average molecular weight is 587 g/mol. The Morgan fingerprint density at radius 3 is 0.706 bits per heavy atom. The van der Waals surface area contributed by atoms with E-state index < -0.39 is 71.3 Å². The Bertz CT molecular complexity index is 882. The SMILES string of the molecule is O=S(=O)(CS(=O)(=O)C(F)(F)C(F)(F)C(F)(F)C(F)(F)F)C(F)(F)C(F)(F)C(F)(F)C(F)(F)F.[Li]. The van der Waals surface area contributed by atoms with Crippen molar-refractivity contribution in [2.24, 2.45) is 0 Å². The van der Waals surface area contributed by atoms with Crippen molar-refractivity contribution in [3.05, 3.63) is 0 Å². The van der Waals surface area contributed by atoms with Crippen molar-refractivity contribution in [1.29, 1.82) is 0 Å². The summed E-state index contributed by atoms with van der Waals surface area (Å²) in [6.07, 6.45) is -15.5. The number of alkyl halides is 18. The number of sulfone groups is 2. The molecule has 0 aromatic carbocycles. The molecular weight excluding hydrogens is 585 g/mol. The minimum atomic E-state index is -8.43. The van der Waals surface area contributed by atoms with Gasteiger partial charge >= 0.3 is 46.6 Å². The van der Waals surface area contributed by atoms with Gasteiger partial charge in [-0.2, -0.15) is 79.0 Å². The number of halogens is 18. The van der Waals surface area contributed by atoms with Crippen molar-refractivity contribution in [2.75, 3.05) is 5.08 Å². The molecule has 0 aliphatic carbocycles. The van der Waals surface area contributed by atoms with Crippen LogP contribution in [0.2, 0.25) is 0 Å². The van der Waals surface area contributed by atoms with Crippen LogP contribution in [0, 0.1) is 0 Å². The van der Waals surface area contributed by atoms with Crippen LogP contribution in [-0.2, 0) is 19.7 Å². The van der Waals surface area contributed by atoms with Crippen molar-refractivity contribution in [3.63, 3.8) is 0 Å².